The number of aliphatic hydroxyl groups is 1. The van der Waals surface area contributed by atoms with Gasteiger partial charge in [-0.25, -0.2) is 4.79 Å². The number of ketones is 1. The van der Waals surface area contributed by atoms with E-state index in [1.165, 1.54) is 24.3 Å². The maximum atomic E-state index is 14.6. The average Bonchev–Trinajstić information content (AvgIpc) is 3.51. The number of carbonyl (C=O) groups excluding carboxylic acids is 2. The van der Waals surface area contributed by atoms with Crippen molar-refractivity contribution in [1.29, 1.82) is 0 Å². The molecule has 2 bridgehead atoms. The standard InChI is InChI=1S/C38H40F3NO5/c1-33-15-12-26(43)20-35(33)18-19-37(28(21-35)31(44)25-6-4-3-5-7-25)29(33)13-16-34(2)30(37)14-17-36(34)23-42(32(45)47-36)22-24-8-10-27(11-9-24)46-38(39,40)41/h3-11,18-19,21,26,29-30,43H,12-17,20,22-23H2,1-2H3. The number of rotatable bonds is 5. The van der Waals surface area contributed by atoms with Crippen molar-refractivity contribution in [2.24, 2.45) is 33.5 Å². The summed E-state index contributed by atoms with van der Waals surface area (Å²) in [6.45, 7) is 5.21. The third kappa shape index (κ3) is 4.20. The second kappa shape index (κ2) is 9.97. The first-order chi connectivity index (χ1) is 22.2. The van der Waals surface area contributed by atoms with E-state index in [0.717, 1.165) is 37.7 Å². The van der Waals surface area contributed by atoms with Crippen LogP contribution in [-0.2, 0) is 11.3 Å². The fourth-order valence-electron chi connectivity index (χ4n) is 11.3. The van der Waals surface area contributed by atoms with Gasteiger partial charge in [-0.1, -0.05) is 74.5 Å². The van der Waals surface area contributed by atoms with E-state index in [0.29, 0.717) is 30.5 Å². The number of ether oxygens (including phenoxy) is 2. The number of benzene rings is 2. The van der Waals surface area contributed by atoms with Gasteiger partial charge in [0.2, 0.25) is 0 Å². The van der Waals surface area contributed by atoms with Crippen LogP contribution in [0.25, 0.3) is 0 Å². The van der Waals surface area contributed by atoms with Crippen LogP contribution in [0, 0.1) is 33.5 Å². The fraction of sp³-hybridized carbons (Fsp3) is 0.526. The molecule has 1 amide bonds. The van der Waals surface area contributed by atoms with E-state index >= 15 is 0 Å². The van der Waals surface area contributed by atoms with Gasteiger partial charge in [-0.3, -0.25) is 9.69 Å². The predicted octanol–water partition coefficient (Wildman–Crippen LogP) is 8.02. The maximum Gasteiger partial charge on any atom is 0.573 e. The Bertz CT molecular complexity index is 1690. The number of halogens is 3. The summed E-state index contributed by atoms with van der Waals surface area (Å²) >= 11 is 0. The number of carbonyl (C=O) groups is 2. The highest BCUT2D eigenvalue weighted by Gasteiger charge is 2.76. The molecule has 0 aromatic heterocycles. The van der Waals surface area contributed by atoms with Crippen molar-refractivity contribution in [3.05, 3.63) is 89.5 Å². The van der Waals surface area contributed by atoms with Crippen LogP contribution in [0.4, 0.5) is 18.0 Å². The van der Waals surface area contributed by atoms with Crippen LogP contribution in [0.1, 0.15) is 74.7 Å². The molecule has 47 heavy (non-hydrogen) atoms. The van der Waals surface area contributed by atoms with Crippen LogP contribution in [0.5, 0.6) is 5.75 Å². The summed E-state index contributed by atoms with van der Waals surface area (Å²) in [6, 6.07) is 15.1. The molecular formula is C38H40F3NO5. The van der Waals surface area contributed by atoms with Gasteiger partial charge in [0, 0.05) is 33.9 Å². The zero-order valence-corrected chi connectivity index (χ0v) is 26.7. The molecule has 9 rings (SSSR count). The van der Waals surface area contributed by atoms with Crippen molar-refractivity contribution in [3.63, 3.8) is 0 Å². The molecule has 8 unspecified atom stereocenters. The Morgan fingerprint density at radius 1 is 0.957 bits per heavy atom. The second-order valence-electron chi connectivity index (χ2n) is 15.4. The molecule has 7 aliphatic rings. The maximum absolute atomic E-state index is 14.6. The van der Waals surface area contributed by atoms with Crippen LogP contribution in [-0.4, -0.2) is 46.5 Å². The van der Waals surface area contributed by atoms with Gasteiger partial charge >= 0.3 is 12.5 Å². The molecule has 1 N–H and O–H groups in total. The second-order valence-corrected chi connectivity index (χ2v) is 15.4. The van der Waals surface area contributed by atoms with Crippen LogP contribution < -0.4 is 4.74 Å². The highest BCUT2D eigenvalue weighted by molar-refractivity contribution is 6.10. The minimum absolute atomic E-state index is 0.0367. The van der Waals surface area contributed by atoms with E-state index in [1.807, 2.05) is 30.3 Å². The number of allylic oxidation sites excluding steroid dienone is 4. The fourth-order valence-corrected chi connectivity index (χ4v) is 11.3. The average molecular weight is 648 g/mol. The number of nitrogens with zero attached hydrogens (tertiary/aromatic N) is 1. The Kier molecular flexibility index (Phi) is 6.52. The van der Waals surface area contributed by atoms with E-state index in [9.17, 15) is 27.9 Å². The van der Waals surface area contributed by atoms with Crippen LogP contribution in [0.3, 0.4) is 0 Å². The Labute approximate surface area is 272 Å². The van der Waals surface area contributed by atoms with Gasteiger partial charge in [-0.15, -0.1) is 13.2 Å². The van der Waals surface area contributed by atoms with Gasteiger partial charge in [0.1, 0.15) is 11.4 Å². The first-order valence-corrected chi connectivity index (χ1v) is 16.8. The summed E-state index contributed by atoms with van der Waals surface area (Å²) in [7, 11) is 0. The first-order valence-electron chi connectivity index (χ1n) is 16.8. The third-order valence-corrected chi connectivity index (χ3v) is 13.5. The van der Waals surface area contributed by atoms with Crippen LogP contribution >= 0.6 is 0 Å². The zero-order chi connectivity index (χ0) is 33.0. The lowest BCUT2D eigenvalue weighted by atomic mass is 9.32. The number of alkyl halides is 3. The molecule has 6 aliphatic carbocycles. The van der Waals surface area contributed by atoms with Gasteiger partial charge in [0.25, 0.3) is 0 Å². The molecule has 6 nitrogen and oxygen atoms in total. The minimum atomic E-state index is -4.77. The molecule has 248 valence electrons. The minimum Gasteiger partial charge on any atom is -0.440 e. The molecule has 0 radical (unpaired) electrons. The molecule has 9 heteroatoms. The Hall–Kier alpha value is -3.59. The zero-order valence-electron chi connectivity index (χ0n) is 26.7. The normalized spacial score (nSPS) is 40.0. The van der Waals surface area contributed by atoms with Crippen molar-refractivity contribution in [2.75, 3.05) is 6.54 Å². The summed E-state index contributed by atoms with van der Waals surface area (Å²) in [5.74, 6) is -0.0120. The number of aliphatic hydroxyl groups excluding tert-OH is 1. The lowest BCUT2D eigenvalue weighted by molar-refractivity contribution is -0.274. The number of amides is 1. The first kappa shape index (κ1) is 30.7. The molecule has 1 aliphatic heterocycles. The Morgan fingerprint density at radius 3 is 2.36 bits per heavy atom. The van der Waals surface area contributed by atoms with E-state index in [4.69, 9.17) is 4.74 Å². The summed E-state index contributed by atoms with van der Waals surface area (Å²) < 4.78 is 48.4. The van der Waals surface area contributed by atoms with E-state index in [-0.39, 0.29) is 35.3 Å². The highest BCUT2D eigenvalue weighted by atomic mass is 19.4. The summed E-state index contributed by atoms with van der Waals surface area (Å²) in [6.07, 6.45) is 6.70. The van der Waals surface area contributed by atoms with Gasteiger partial charge in [-0.2, -0.15) is 0 Å². The van der Waals surface area contributed by atoms with Gasteiger partial charge in [0.15, 0.2) is 5.78 Å². The largest absolute Gasteiger partial charge is 0.573 e. The molecule has 3 saturated carbocycles. The number of hydrogen-bond donors (Lipinski definition) is 1. The molecule has 2 aromatic carbocycles. The topological polar surface area (TPSA) is 76.1 Å². The highest BCUT2D eigenvalue weighted by Crippen LogP contribution is 2.79. The molecular weight excluding hydrogens is 607 g/mol. The van der Waals surface area contributed by atoms with Gasteiger partial charge in [-0.05, 0) is 79.9 Å². The smallest absolute Gasteiger partial charge is 0.440 e. The van der Waals surface area contributed by atoms with Gasteiger partial charge < -0.3 is 14.6 Å². The van der Waals surface area contributed by atoms with Crippen molar-refractivity contribution >= 4 is 11.9 Å². The lowest BCUT2D eigenvalue weighted by Crippen LogP contribution is -2.67. The Morgan fingerprint density at radius 2 is 1.64 bits per heavy atom. The molecule has 4 fully saturated rings. The van der Waals surface area contributed by atoms with Crippen LogP contribution in [0.2, 0.25) is 0 Å². The summed E-state index contributed by atoms with van der Waals surface area (Å²) in [5.41, 5.74) is -0.0300. The molecule has 3 spiro atoms. The summed E-state index contributed by atoms with van der Waals surface area (Å²) in [5, 5.41) is 10.9. The van der Waals surface area contributed by atoms with Gasteiger partial charge in [0.05, 0.1) is 12.6 Å². The molecule has 8 atom stereocenters. The van der Waals surface area contributed by atoms with E-state index < -0.39 is 40.4 Å². The molecule has 2 aromatic rings. The predicted molar refractivity (Wildman–Crippen MR) is 167 cm³/mol. The van der Waals surface area contributed by atoms with Crippen molar-refractivity contribution < 1.29 is 37.3 Å². The summed E-state index contributed by atoms with van der Waals surface area (Å²) in [4.78, 5) is 29.7. The third-order valence-electron chi connectivity index (χ3n) is 13.5. The monoisotopic (exact) mass is 647 g/mol. The quantitative estimate of drug-likeness (QED) is 0.263. The van der Waals surface area contributed by atoms with Crippen molar-refractivity contribution in [3.8, 4) is 5.75 Å². The SMILES string of the molecule is CC12CCC(O)CC13C=CC1(C(C(=O)c4ccccc4)=C3)C2CCC2(C)C1CCC21CN(Cc2ccc(OC(F)(F)F)cc2)C(=O)O1. The number of hydrogen-bond acceptors (Lipinski definition) is 5. The van der Waals surface area contributed by atoms with E-state index in [2.05, 4.69) is 36.8 Å². The van der Waals surface area contributed by atoms with Crippen LogP contribution in [0.15, 0.2) is 78.4 Å². The molecule has 1 saturated heterocycles. The molecule has 1 heterocycles. The number of Topliss-reactive ketones (excluding diaryl/α,β-unsaturated/α-hetero) is 1. The van der Waals surface area contributed by atoms with Crippen molar-refractivity contribution in [2.45, 2.75) is 83.4 Å². The van der Waals surface area contributed by atoms with Crippen molar-refractivity contribution in [1.82, 2.24) is 4.90 Å². The number of fused-ring (bicyclic) bond motifs is 2. The Balaban J connectivity index is 1.15. The van der Waals surface area contributed by atoms with E-state index in [1.54, 1.807) is 4.90 Å². The lowest BCUT2D eigenvalue weighted by Gasteiger charge is -2.71.